The lowest BCUT2D eigenvalue weighted by Crippen LogP contribution is -2.21. The van der Waals surface area contributed by atoms with Crippen molar-refractivity contribution in [2.24, 2.45) is 0 Å². The van der Waals surface area contributed by atoms with Crippen LogP contribution in [-0.2, 0) is 4.74 Å². The van der Waals surface area contributed by atoms with Crippen molar-refractivity contribution in [1.82, 2.24) is 4.37 Å². The second-order valence-corrected chi connectivity index (χ2v) is 4.34. The largest absolute Gasteiger partial charge is 0.383 e. The van der Waals surface area contributed by atoms with Crippen molar-refractivity contribution < 1.29 is 4.74 Å². The Morgan fingerprint density at radius 1 is 1.64 bits per heavy atom. The highest BCUT2D eigenvalue weighted by molar-refractivity contribution is 7.10. The summed E-state index contributed by atoms with van der Waals surface area (Å²) in [5, 5.41) is 1.20. The topological polar surface area (TPSA) is 51.4 Å². The normalized spacial score (nSPS) is 21.9. The molecule has 1 aliphatic heterocycles. The Morgan fingerprint density at radius 3 is 2.93 bits per heavy atom. The van der Waals surface area contributed by atoms with Crippen molar-refractivity contribution in [2.45, 2.75) is 19.4 Å². The number of hydrogen-bond acceptors (Lipinski definition) is 5. The molecule has 0 aromatic carbocycles. The van der Waals surface area contributed by atoms with E-state index >= 15 is 0 Å². The first-order valence-electron chi connectivity index (χ1n) is 4.72. The summed E-state index contributed by atoms with van der Waals surface area (Å²) in [4.78, 5) is 2.30. The predicted octanol–water partition coefficient (Wildman–Crippen LogP) is 1.26. The molecule has 0 saturated carbocycles. The van der Waals surface area contributed by atoms with E-state index in [9.17, 15) is 0 Å². The maximum absolute atomic E-state index is 5.72. The summed E-state index contributed by atoms with van der Waals surface area (Å²) < 4.78 is 9.47. The van der Waals surface area contributed by atoms with Gasteiger partial charge < -0.3 is 15.4 Å². The third-order valence-electron chi connectivity index (χ3n) is 2.70. The van der Waals surface area contributed by atoms with Gasteiger partial charge in [-0.3, -0.25) is 0 Å². The molecule has 1 saturated heterocycles. The van der Waals surface area contributed by atoms with E-state index in [1.165, 1.54) is 16.5 Å². The van der Waals surface area contributed by atoms with Crippen molar-refractivity contribution in [3.05, 3.63) is 5.56 Å². The second kappa shape index (κ2) is 3.74. The van der Waals surface area contributed by atoms with Gasteiger partial charge in [0.05, 0.1) is 6.10 Å². The highest BCUT2D eigenvalue weighted by atomic mass is 32.1. The average Bonchev–Trinajstić information content (AvgIpc) is 2.75. The van der Waals surface area contributed by atoms with Gasteiger partial charge in [-0.1, -0.05) is 0 Å². The zero-order valence-corrected chi connectivity index (χ0v) is 9.30. The molecule has 14 heavy (non-hydrogen) atoms. The van der Waals surface area contributed by atoms with E-state index < -0.39 is 0 Å². The first kappa shape index (κ1) is 9.73. The van der Waals surface area contributed by atoms with E-state index in [0.717, 1.165) is 25.1 Å². The van der Waals surface area contributed by atoms with Gasteiger partial charge in [0.2, 0.25) is 0 Å². The number of nitrogens with two attached hydrogens (primary N) is 1. The molecule has 2 rings (SSSR count). The summed E-state index contributed by atoms with van der Waals surface area (Å²) in [6.45, 7) is 4.02. The number of aromatic nitrogens is 1. The Bertz CT molecular complexity index is 326. The predicted molar refractivity (Wildman–Crippen MR) is 58.9 cm³/mol. The lowest BCUT2D eigenvalue weighted by atomic mass is 10.3. The van der Waals surface area contributed by atoms with Crippen LogP contribution in [0.15, 0.2) is 0 Å². The van der Waals surface area contributed by atoms with E-state index in [2.05, 4.69) is 9.27 Å². The first-order valence-corrected chi connectivity index (χ1v) is 5.49. The van der Waals surface area contributed by atoms with Crippen LogP contribution in [0.3, 0.4) is 0 Å². The second-order valence-electron chi connectivity index (χ2n) is 3.59. The van der Waals surface area contributed by atoms with E-state index in [4.69, 9.17) is 10.5 Å². The Hall–Kier alpha value is -0.810. The summed E-state index contributed by atoms with van der Waals surface area (Å²) >= 11 is 1.48. The minimum absolute atomic E-state index is 0.359. The zero-order chi connectivity index (χ0) is 10.1. The van der Waals surface area contributed by atoms with Crippen LogP contribution in [0.1, 0.15) is 12.0 Å². The van der Waals surface area contributed by atoms with Crippen LogP contribution in [0.25, 0.3) is 0 Å². The number of nitrogen functional groups attached to an aromatic ring is 1. The Morgan fingerprint density at radius 2 is 2.43 bits per heavy atom. The summed E-state index contributed by atoms with van der Waals surface area (Å²) in [7, 11) is 1.77. The number of hydrogen-bond donors (Lipinski definition) is 1. The molecule has 1 aromatic heterocycles. The summed E-state index contributed by atoms with van der Waals surface area (Å²) in [5.41, 5.74) is 6.82. The maximum atomic E-state index is 5.72. The molecule has 0 radical (unpaired) electrons. The van der Waals surface area contributed by atoms with Gasteiger partial charge in [0, 0.05) is 25.8 Å². The van der Waals surface area contributed by atoms with E-state index in [1.54, 1.807) is 7.11 Å². The quantitative estimate of drug-likeness (QED) is 0.803. The number of rotatable bonds is 2. The first-order chi connectivity index (χ1) is 6.72. The highest BCUT2D eigenvalue weighted by Gasteiger charge is 2.25. The Kier molecular flexibility index (Phi) is 2.60. The standard InChI is InChI=1S/C9H15N3OS/c1-6-8(10)11-14-9(6)12-4-3-7(5-12)13-2/h7H,3-5H2,1-2H3,(H2,10,11). The van der Waals surface area contributed by atoms with Crippen LogP contribution < -0.4 is 10.6 Å². The Labute approximate surface area is 87.8 Å². The van der Waals surface area contributed by atoms with Crippen LogP contribution in [0, 0.1) is 6.92 Å². The minimum atomic E-state index is 0.359. The average molecular weight is 213 g/mol. The molecule has 2 heterocycles. The molecule has 2 N–H and O–H groups in total. The van der Waals surface area contributed by atoms with Crippen molar-refractivity contribution in [3.8, 4) is 0 Å². The lowest BCUT2D eigenvalue weighted by molar-refractivity contribution is 0.121. The minimum Gasteiger partial charge on any atom is -0.383 e. The van der Waals surface area contributed by atoms with Crippen molar-refractivity contribution in [2.75, 3.05) is 30.8 Å². The number of nitrogens with zero attached hydrogens (tertiary/aromatic N) is 2. The van der Waals surface area contributed by atoms with Gasteiger partial charge in [-0.2, -0.15) is 4.37 Å². The van der Waals surface area contributed by atoms with Crippen LogP contribution >= 0.6 is 11.5 Å². The highest BCUT2D eigenvalue weighted by Crippen LogP contribution is 2.32. The SMILES string of the molecule is COC1CCN(c2snc(N)c2C)C1. The third-order valence-corrected chi connectivity index (χ3v) is 3.73. The maximum Gasteiger partial charge on any atom is 0.142 e. The zero-order valence-electron chi connectivity index (χ0n) is 8.49. The van der Waals surface area contributed by atoms with E-state index in [1.807, 2.05) is 6.92 Å². The summed E-state index contributed by atoms with van der Waals surface area (Å²) in [6, 6.07) is 0. The fraction of sp³-hybridized carbons (Fsp3) is 0.667. The molecule has 1 fully saturated rings. The van der Waals surface area contributed by atoms with Gasteiger partial charge in [-0.15, -0.1) is 0 Å². The molecular weight excluding hydrogens is 198 g/mol. The molecule has 0 bridgehead atoms. The van der Waals surface area contributed by atoms with Gasteiger partial charge >= 0.3 is 0 Å². The van der Waals surface area contributed by atoms with Crippen LogP contribution in [-0.4, -0.2) is 30.7 Å². The van der Waals surface area contributed by atoms with Gasteiger partial charge in [0.15, 0.2) is 0 Å². The van der Waals surface area contributed by atoms with Crippen molar-refractivity contribution >= 4 is 22.4 Å². The molecule has 1 atom stereocenters. The monoisotopic (exact) mass is 213 g/mol. The lowest BCUT2D eigenvalue weighted by Gasteiger charge is -2.16. The summed E-state index contributed by atoms with van der Waals surface area (Å²) in [5.74, 6) is 0.658. The van der Waals surface area contributed by atoms with Crippen molar-refractivity contribution in [1.29, 1.82) is 0 Å². The van der Waals surface area contributed by atoms with E-state index in [0.29, 0.717) is 11.9 Å². The molecule has 1 aliphatic rings. The van der Waals surface area contributed by atoms with Gasteiger partial charge in [0.25, 0.3) is 0 Å². The third kappa shape index (κ3) is 1.57. The van der Waals surface area contributed by atoms with Crippen LogP contribution in [0.4, 0.5) is 10.8 Å². The molecular formula is C9H15N3OS. The molecule has 0 aliphatic carbocycles. The van der Waals surface area contributed by atoms with Crippen LogP contribution in [0.5, 0.6) is 0 Å². The number of ether oxygens (including phenoxy) is 1. The van der Waals surface area contributed by atoms with Gasteiger partial charge in [0.1, 0.15) is 10.8 Å². The molecule has 78 valence electrons. The smallest absolute Gasteiger partial charge is 0.142 e. The molecule has 4 nitrogen and oxygen atoms in total. The summed E-state index contributed by atoms with van der Waals surface area (Å²) in [6.07, 6.45) is 1.45. The Balaban J connectivity index is 2.13. The molecule has 0 amide bonds. The molecule has 1 aromatic rings. The number of anilines is 2. The molecule has 0 spiro atoms. The number of methoxy groups -OCH3 is 1. The van der Waals surface area contributed by atoms with E-state index in [-0.39, 0.29) is 0 Å². The fourth-order valence-corrected chi connectivity index (χ4v) is 2.58. The molecule has 5 heteroatoms. The van der Waals surface area contributed by atoms with Crippen LogP contribution in [0.2, 0.25) is 0 Å². The van der Waals surface area contributed by atoms with Crippen molar-refractivity contribution in [3.63, 3.8) is 0 Å². The van der Waals surface area contributed by atoms with Gasteiger partial charge in [-0.25, -0.2) is 0 Å². The van der Waals surface area contributed by atoms with Gasteiger partial charge in [-0.05, 0) is 24.9 Å². The molecule has 1 unspecified atom stereocenters. The fourth-order valence-electron chi connectivity index (χ4n) is 1.74.